The zero-order valence-corrected chi connectivity index (χ0v) is 16.8. The van der Waals surface area contributed by atoms with E-state index in [4.69, 9.17) is 0 Å². The first-order chi connectivity index (χ1) is 13.0. The molecule has 6 nitrogen and oxygen atoms in total. The quantitative estimate of drug-likeness (QED) is 0.811. The molecule has 1 amide bonds. The number of benzene rings is 1. The van der Waals surface area contributed by atoms with Gasteiger partial charge in [0.05, 0.1) is 17.0 Å². The zero-order valence-electron chi connectivity index (χ0n) is 16.8. The summed E-state index contributed by atoms with van der Waals surface area (Å²) in [5.74, 6) is -0.279. The van der Waals surface area contributed by atoms with Crippen molar-refractivity contribution in [1.29, 1.82) is 0 Å². The molecule has 1 aliphatic rings. The molecule has 27 heavy (non-hydrogen) atoms. The lowest BCUT2D eigenvalue weighted by Gasteiger charge is -2.38. The SMILES string of the molecule is CCN(C(=O)[C@H](C)c1nn(CC)c(=O)c2ccccc12)C1CCN(C)CC1. The van der Waals surface area contributed by atoms with Crippen LogP contribution in [0.3, 0.4) is 0 Å². The number of likely N-dealkylation sites (tertiary alicyclic amines) is 1. The van der Waals surface area contributed by atoms with Gasteiger partial charge in [-0.2, -0.15) is 5.10 Å². The second-order valence-electron chi connectivity index (χ2n) is 7.43. The Hall–Kier alpha value is -2.21. The molecule has 1 fully saturated rings. The molecule has 3 rings (SSSR count). The van der Waals surface area contributed by atoms with Crippen LogP contribution in [-0.4, -0.2) is 58.2 Å². The first-order valence-corrected chi connectivity index (χ1v) is 9.96. The average Bonchev–Trinajstić information content (AvgIpc) is 2.70. The Labute approximate surface area is 160 Å². The van der Waals surface area contributed by atoms with Gasteiger partial charge in [-0.05, 0) is 59.8 Å². The minimum Gasteiger partial charge on any atom is -0.339 e. The van der Waals surface area contributed by atoms with Crippen LogP contribution in [0, 0.1) is 0 Å². The van der Waals surface area contributed by atoms with Gasteiger partial charge in [-0.15, -0.1) is 0 Å². The van der Waals surface area contributed by atoms with Crippen LogP contribution in [0.2, 0.25) is 0 Å². The predicted octanol–water partition coefficient (Wildman–Crippen LogP) is 2.46. The third-order valence-electron chi connectivity index (χ3n) is 5.73. The topological polar surface area (TPSA) is 58.4 Å². The van der Waals surface area contributed by atoms with Gasteiger partial charge in [-0.1, -0.05) is 18.2 Å². The minimum atomic E-state index is -0.382. The number of hydrogen-bond acceptors (Lipinski definition) is 4. The summed E-state index contributed by atoms with van der Waals surface area (Å²) in [6, 6.07) is 7.76. The molecule has 1 saturated heterocycles. The zero-order chi connectivity index (χ0) is 19.6. The van der Waals surface area contributed by atoms with Crippen molar-refractivity contribution in [3.63, 3.8) is 0 Å². The molecular formula is C21H30N4O2. The largest absolute Gasteiger partial charge is 0.339 e. The highest BCUT2D eigenvalue weighted by Gasteiger charge is 2.31. The molecule has 0 unspecified atom stereocenters. The third kappa shape index (κ3) is 3.76. The molecular weight excluding hydrogens is 340 g/mol. The second kappa shape index (κ2) is 8.21. The number of piperidine rings is 1. The lowest BCUT2D eigenvalue weighted by molar-refractivity contribution is -0.135. The van der Waals surface area contributed by atoms with Crippen molar-refractivity contribution in [3.05, 3.63) is 40.3 Å². The van der Waals surface area contributed by atoms with Crippen molar-refractivity contribution in [2.45, 2.75) is 52.1 Å². The maximum atomic E-state index is 13.4. The normalized spacial score (nSPS) is 17.2. The Morgan fingerprint density at radius 2 is 1.85 bits per heavy atom. The monoisotopic (exact) mass is 370 g/mol. The molecule has 1 aliphatic heterocycles. The van der Waals surface area contributed by atoms with Crippen LogP contribution < -0.4 is 5.56 Å². The van der Waals surface area contributed by atoms with Gasteiger partial charge in [0, 0.05) is 24.5 Å². The number of likely N-dealkylation sites (N-methyl/N-ethyl adjacent to an activating group) is 1. The first kappa shape index (κ1) is 19.5. The van der Waals surface area contributed by atoms with Crippen LogP contribution in [0.1, 0.15) is 45.2 Å². The Morgan fingerprint density at radius 1 is 1.22 bits per heavy atom. The maximum absolute atomic E-state index is 13.4. The highest BCUT2D eigenvalue weighted by molar-refractivity contribution is 5.91. The van der Waals surface area contributed by atoms with E-state index in [0.717, 1.165) is 31.3 Å². The van der Waals surface area contributed by atoms with Gasteiger partial charge in [0.2, 0.25) is 5.91 Å². The molecule has 1 aromatic carbocycles. The minimum absolute atomic E-state index is 0.0980. The first-order valence-electron chi connectivity index (χ1n) is 9.96. The fourth-order valence-electron chi connectivity index (χ4n) is 4.06. The van der Waals surface area contributed by atoms with Gasteiger partial charge < -0.3 is 9.80 Å². The molecule has 0 N–H and O–H groups in total. The van der Waals surface area contributed by atoms with E-state index in [9.17, 15) is 9.59 Å². The average molecular weight is 370 g/mol. The molecule has 0 saturated carbocycles. The van der Waals surface area contributed by atoms with Crippen LogP contribution in [0.5, 0.6) is 0 Å². The molecule has 1 aromatic heterocycles. The molecule has 0 bridgehead atoms. The number of hydrogen-bond donors (Lipinski definition) is 0. The van der Waals surface area contributed by atoms with E-state index >= 15 is 0 Å². The summed E-state index contributed by atoms with van der Waals surface area (Å²) in [6.07, 6.45) is 2.01. The van der Waals surface area contributed by atoms with Crippen molar-refractivity contribution in [2.24, 2.45) is 0 Å². The highest BCUT2D eigenvalue weighted by Crippen LogP contribution is 2.26. The molecule has 6 heteroatoms. The lowest BCUT2D eigenvalue weighted by atomic mass is 9.97. The van der Waals surface area contributed by atoms with E-state index < -0.39 is 0 Å². The lowest BCUT2D eigenvalue weighted by Crippen LogP contribution is -2.47. The Balaban J connectivity index is 1.97. The van der Waals surface area contributed by atoms with Gasteiger partial charge in [-0.25, -0.2) is 4.68 Å². The van der Waals surface area contributed by atoms with E-state index in [0.29, 0.717) is 24.2 Å². The molecule has 0 aliphatic carbocycles. The number of nitrogens with zero attached hydrogens (tertiary/aromatic N) is 4. The highest BCUT2D eigenvalue weighted by atomic mass is 16.2. The van der Waals surface area contributed by atoms with Crippen LogP contribution in [0.25, 0.3) is 10.8 Å². The van der Waals surface area contributed by atoms with E-state index in [2.05, 4.69) is 17.0 Å². The van der Waals surface area contributed by atoms with Crippen molar-refractivity contribution >= 4 is 16.7 Å². The smallest absolute Gasteiger partial charge is 0.274 e. The molecule has 2 aromatic rings. The fourth-order valence-corrected chi connectivity index (χ4v) is 4.06. The van der Waals surface area contributed by atoms with Gasteiger partial charge in [0.25, 0.3) is 5.56 Å². The van der Waals surface area contributed by atoms with Crippen molar-refractivity contribution < 1.29 is 4.79 Å². The number of aryl methyl sites for hydroxylation is 1. The Kier molecular flexibility index (Phi) is 5.95. The summed E-state index contributed by atoms with van der Waals surface area (Å²) in [4.78, 5) is 30.3. The third-order valence-corrected chi connectivity index (χ3v) is 5.73. The second-order valence-corrected chi connectivity index (χ2v) is 7.43. The van der Waals surface area contributed by atoms with Gasteiger partial charge >= 0.3 is 0 Å². The van der Waals surface area contributed by atoms with Crippen LogP contribution in [0.4, 0.5) is 0 Å². The number of aromatic nitrogens is 2. The molecule has 2 heterocycles. The molecule has 1 atom stereocenters. The molecule has 146 valence electrons. The summed E-state index contributed by atoms with van der Waals surface area (Å²) >= 11 is 0. The molecule has 0 radical (unpaired) electrons. The Bertz CT molecular complexity index is 868. The van der Waals surface area contributed by atoms with Gasteiger partial charge in [0.1, 0.15) is 0 Å². The molecule has 0 spiro atoms. The fraction of sp³-hybridized carbons (Fsp3) is 0.571. The van der Waals surface area contributed by atoms with Crippen LogP contribution >= 0.6 is 0 Å². The summed E-state index contributed by atoms with van der Waals surface area (Å²) in [7, 11) is 2.13. The number of carbonyl (C=O) groups excluding carboxylic acids is 1. The number of amides is 1. The van der Waals surface area contributed by atoms with E-state index in [1.54, 1.807) is 0 Å². The number of fused-ring (bicyclic) bond motifs is 1. The Morgan fingerprint density at radius 3 is 2.44 bits per heavy atom. The van der Waals surface area contributed by atoms with Crippen LogP contribution in [-0.2, 0) is 11.3 Å². The standard InChI is InChI=1S/C21H30N4O2/c1-5-24(16-11-13-23(4)14-12-16)20(26)15(3)19-17-9-7-8-10-18(17)21(27)25(6-2)22-19/h7-10,15-16H,5-6,11-14H2,1-4H3/t15-/m1/s1. The maximum Gasteiger partial charge on any atom is 0.274 e. The van der Waals surface area contributed by atoms with E-state index in [-0.39, 0.29) is 23.4 Å². The summed E-state index contributed by atoms with van der Waals surface area (Å²) < 4.78 is 1.47. The van der Waals surface area contributed by atoms with E-state index in [1.807, 2.05) is 49.9 Å². The predicted molar refractivity (Wildman–Crippen MR) is 108 cm³/mol. The van der Waals surface area contributed by atoms with E-state index in [1.165, 1.54) is 4.68 Å². The number of carbonyl (C=O) groups is 1. The van der Waals surface area contributed by atoms with Gasteiger partial charge in [-0.3, -0.25) is 9.59 Å². The van der Waals surface area contributed by atoms with Crippen molar-refractivity contribution in [3.8, 4) is 0 Å². The van der Waals surface area contributed by atoms with Crippen LogP contribution in [0.15, 0.2) is 29.1 Å². The number of rotatable bonds is 5. The summed E-state index contributed by atoms with van der Waals surface area (Å²) in [5, 5.41) is 5.98. The van der Waals surface area contributed by atoms with Crippen molar-refractivity contribution in [2.75, 3.05) is 26.7 Å². The summed E-state index contributed by atoms with van der Waals surface area (Å²) in [5.41, 5.74) is 0.600. The van der Waals surface area contributed by atoms with Gasteiger partial charge in [0.15, 0.2) is 0 Å². The van der Waals surface area contributed by atoms with Crippen molar-refractivity contribution in [1.82, 2.24) is 19.6 Å². The summed E-state index contributed by atoms with van der Waals surface area (Å²) in [6.45, 7) is 9.08.